The Labute approximate surface area is 130 Å². The lowest BCUT2D eigenvalue weighted by atomic mass is 10.2. The summed E-state index contributed by atoms with van der Waals surface area (Å²) in [7, 11) is 1.62. The van der Waals surface area contributed by atoms with E-state index in [2.05, 4.69) is 22.5 Å². The molecule has 0 atom stereocenters. The second kappa shape index (κ2) is 8.38. The molecule has 2 aromatic carbocycles. The van der Waals surface area contributed by atoms with Crippen molar-refractivity contribution in [3.8, 4) is 17.6 Å². The Morgan fingerprint density at radius 2 is 1.77 bits per heavy atom. The summed E-state index contributed by atoms with van der Waals surface area (Å²) < 4.78 is 5.08. The van der Waals surface area contributed by atoms with Gasteiger partial charge in [0.1, 0.15) is 5.75 Å². The highest BCUT2D eigenvalue weighted by molar-refractivity contribution is 5.74. The third kappa shape index (κ3) is 5.22. The Kier molecular flexibility index (Phi) is 5.89. The maximum Gasteiger partial charge on any atom is 0.315 e. The van der Waals surface area contributed by atoms with Crippen molar-refractivity contribution in [2.24, 2.45) is 0 Å². The number of hydrogen-bond acceptors (Lipinski definition) is 2. The van der Waals surface area contributed by atoms with Crippen LogP contribution in [0, 0.1) is 11.8 Å². The standard InChI is InChI=1S/C18H18N2O2/c1-22-17-11-9-15(10-12-17)8-5-13-19-18(21)20-14-16-6-3-2-4-7-16/h2-4,6-7,9-12H,13-14H2,1H3,(H2,19,20,21). The lowest BCUT2D eigenvalue weighted by molar-refractivity contribution is 0.241. The van der Waals surface area contributed by atoms with Crippen molar-refractivity contribution in [1.29, 1.82) is 0 Å². The largest absolute Gasteiger partial charge is 0.497 e. The maximum absolute atomic E-state index is 11.6. The smallest absolute Gasteiger partial charge is 0.315 e. The van der Waals surface area contributed by atoms with Crippen LogP contribution in [0.5, 0.6) is 5.75 Å². The van der Waals surface area contributed by atoms with Gasteiger partial charge >= 0.3 is 6.03 Å². The van der Waals surface area contributed by atoms with Crippen LogP contribution in [0.1, 0.15) is 11.1 Å². The van der Waals surface area contributed by atoms with Gasteiger partial charge in [-0.2, -0.15) is 0 Å². The summed E-state index contributed by atoms with van der Waals surface area (Å²) in [5, 5.41) is 5.48. The van der Waals surface area contributed by atoms with Crippen LogP contribution < -0.4 is 15.4 Å². The SMILES string of the molecule is COc1ccc(C#CCNC(=O)NCc2ccccc2)cc1. The van der Waals surface area contributed by atoms with Crippen LogP contribution in [0.3, 0.4) is 0 Å². The van der Waals surface area contributed by atoms with Gasteiger partial charge in [-0.25, -0.2) is 4.79 Å². The van der Waals surface area contributed by atoms with E-state index in [0.717, 1.165) is 16.9 Å². The Balaban J connectivity index is 1.71. The molecule has 0 aromatic heterocycles. The highest BCUT2D eigenvalue weighted by atomic mass is 16.5. The first-order chi connectivity index (χ1) is 10.8. The second-order valence-corrected chi connectivity index (χ2v) is 4.55. The topological polar surface area (TPSA) is 50.4 Å². The van der Waals surface area contributed by atoms with Gasteiger partial charge in [-0.05, 0) is 29.8 Å². The summed E-state index contributed by atoms with van der Waals surface area (Å²) in [5.41, 5.74) is 1.94. The number of ether oxygens (including phenoxy) is 1. The summed E-state index contributed by atoms with van der Waals surface area (Å²) in [5.74, 6) is 6.68. The van der Waals surface area contributed by atoms with E-state index in [-0.39, 0.29) is 6.03 Å². The molecule has 0 aliphatic heterocycles. The van der Waals surface area contributed by atoms with Gasteiger partial charge in [-0.1, -0.05) is 42.2 Å². The lowest BCUT2D eigenvalue weighted by Crippen LogP contribution is -2.35. The summed E-state index contributed by atoms with van der Waals surface area (Å²) in [6.07, 6.45) is 0. The van der Waals surface area contributed by atoms with Gasteiger partial charge in [0.2, 0.25) is 0 Å². The molecule has 0 unspecified atom stereocenters. The Morgan fingerprint density at radius 3 is 2.45 bits per heavy atom. The maximum atomic E-state index is 11.6. The number of methoxy groups -OCH3 is 1. The Bertz CT molecular complexity index is 655. The van der Waals surface area contributed by atoms with Crippen molar-refractivity contribution in [3.05, 3.63) is 65.7 Å². The summed E-state index contributed by atoms with van der Waals surface area (Å²) >= 11 is 0. The normalized spacial score (nSPS) is 9.32. The van der Waals surface area contributed by atoms with Crippen molar-refractivity contribution in [2.75, 3.05) is 13.7 Å². The fourth-order valence-corrected chi connectivity index (χ4v) is 1.79. The van der Waals surface area contributed by atoms with Crippen molar-refractivity contribution >= 4 is 6.03 Å². The zero-order valence-corrected chi connectivity index (χ0v) is 12.4. The number of amides is 2. The number of rotatable bonds is 4. The van der Waals surface area contributed by atoms with Crippen LogP contribution in [0.15, 0.2) is 54.6 Å². The number of urea groups is 1. The third-order valence-electron chi connectivity index (χ3n) is 2.96. The number of carbonyl (C=O) groups is 1. The van der Waals surface area contributed by atoms with Crippen molar-refractivity contribution in [3.63, 3.8) is 0 Å². The minimum atomic E-state index is -0.229. The number of nitrogens with one attached hydrogen (secondary N) is 2. The molecule has 0 saturated heterocycles. The molecule has 2 rings (SSSR count). The molecule has 22 heavy (non-hydrogen) atoms. The van der Waals surface area contributed by atoms with E-state index in [4.69, 9.17) is 4.74 Å². The van der Waals surface area contributed by atoms with Crippen LogP contribution in [-0.2, 0) is 6.54 Å². The molecule has 0 spiro atoms. The summed E-state index contributed by atoms with van der Waals surface area (Å²) in [4.78, 5) is 11.6. The molecule has 2 N–H and O–H groups in total. The molecule has 2 aromatic rings. The van der Waals surface area contributed by atoms with Crippen LogP contribution in [0.4, 0.5) is 4.79 Å². The average molecular weight is 294 g/mol. The number of hydrogen-bond donors (Lipinski definition) is 2. The first-order valence-corrected chi connectivity index (χ1v) is 6.96. The Morgan fingerprint density at radius 1 is 1.05 bits per heavy atom. The fraction of sp³-hybridized carbons (Fsp3) is 0.167. The monoisotopic (exact) mass is 294 g/mol. The van der Waals surface area contributed by atoms with E-state index in [0.29, 0.717) is 13.1 Å². The highest BCUT2D eigenvalue weighted by Crippen LogP contribution is 2.09. The van der Waals surface area contributed by atoms with Crippen LogP contribution in [-0.4, -0.2) is 19.7 Å². The quantitative estimate of drug-likeness (QED) is 0.851. The van der Waals surface area contributed by atoms with E-state index in [1.165, 1.54) is 0 Å². The molecule has 112 valence electrons. The zero-order chi connectivity index (χ0) is 15.6. The highest BCUT2D eigenvalue weighted by Gasteiger charge is 1.97. The third-order valence-corrected chi connectivity index (χ3v) is 2.96. The van der Waals surface area contributed by atoms with Crippen molar-refractivity contribution in [1.82, 2.24) is 10.6 Å². The van der Waals surface area contributed by atoms with Crippen LogP contribution in [0.25, 0.3) is 0 Å². The minimum absolute atomic E-state index is 0.229. The lowest BCUT2D eigenvalue weighted by Gasteiger charge is -2.05. The van der Waals surface area contributed by atoms with E-state index < -0.39 is 0 Å². The predicted octanol–water partition coefficient (Wildman–Crippen LogP) is 2.55. The molecule has 0 saturated carbocycles. The molecule has 0 fully saturated rings. The molecule has 4 heteroatoms. The van der Waals surface area contributed by atoms with Crippen molar-refractivity contribution < 1.29 is 9.53 Å². The summed E-state index contributed by atoms with van der Waals surface area (Å²) in [6.45, 7) is 0.797. The van der Waals surface area contributed by atoms with Gasteiger partial charge in [0.05, 0.1) is 13.7 Å². The van der Waals surface area contributed by atoms with E-state index in [9.17, 15) is 4.79 Å². The molecular weight excluding hydrogens is 276 g/mol. The molecule has 0 radical (unpaired) electrons. The molecule has 0 heterocycles. The van der Waals surface area contributed by atoms with Gasteiger partial charge in [0.25, 0.3) is 0 Å². The molecule has 0 aliphatic carbocycles. The van der Waals surface area contributed by atoms with E-state index in [1.54, 1.807) is 7.11 Å². The van der Waals surface area contributed by atoms with E-state index >= 15 is 0 Å². The molecule has 0 aliphatic rings. The second-order valence-electron chi connectivity index (χ2n) is 4.55. The van der Waals surface area contributed by atoms with Crippen LogP contribution in [0.2, 0.25) is 0 Å². The van der Waals surface area contributed by atoms with Gasteiger partial charge in [-0.3, -0.25) is 0 Å². The fourth-order valence-electron chi connectivity index (χ4n) is 1.79. The number of benzene rings is 2. The van der Waals surface area contributed by atoms with Gasteiger partial charge in [0, 0.05) is 12.1 Å². The summed E-state index contributed by atoms with van der Waals surface area (Å²) in [6, 6.07) is 17.0. The molecule has 0 bridgehead atoms. The van der Waals surface area contributed by atoms with Gasteiger partial charge in [-0.15, -0.1) is 0 Å². The first kappa shape index (κ1) is 15.5. The van der Waals surface area contributed by atoms with Crippen molar-refractivity contribution in [2.45, 2.75) is 6.54 Å². The molecule has 2 amide bonds. The number of carbonyl (C=O) groups excluding carboxylic acids is 1. The minimum Gasteiger partial charge on any atom is -0.497 e. The molecular formula is C18H18N2O2. The van der Waals surface area contributed by atoms with Gasteiger partial charge in [0.15, 0.2) is 0 Å². The van der Waals surface area contributed by atoms with Crippen LogP contribution >= 0.6 is 0 Å². The zero-order valence-electron chi connectivity index (χ0n) is 12.4. The first-order valence-electron chi connectivity index (χ1n) is 6.96. The molecule has 4 nitrogen and oxygen atoms in total. The predicted molar refractivity (Wildman–Crippen MR) is 86.6 cm³/mol. The average Bonchev–Trinajstić information content (AvgIpc) is 2.58. The van der Waals surface area contributed by atoms with Gasteiger partial charge < -0.3 is 15.4 Å². The van der Waals surface area contributed by atoms with E-state index in [1.807, 2.05) is 54.6 Å². The Hall–Kier alpha value is -2.93.